The third-order valence-electron chi connectivity index (χ3n) is 3.66. The summed E-state index contributed by atoms with van der Waals surface area (Å²) in [5, 5.41) is 7.74. The molecule has 4 nitrogen and oxygen atoms in total. The number of nitrogens with zero attached hydrogens (tertiary/aromatic N) is 2. The lowest BCUT2D eigenvalue weighted by Gasteiger charge is -2.14. The lowest BCUT2D eigenvalue weighted by atomic mass is 10.1. The summed E-state index contributed by atoms with van der Waals surface area (Å²) in [7, 11) is 0. The monoisotopic (exact) mass is 300 g/mol. The van der Waals surface area contributed by atoms with Crippen LogP contribution < -0.4 is 10.6 Å². The summed E-state index contributed by atoms with van der Waals surface area (Å²) >= 11 is 1.59. The molecule has 0 bridgehead atoms. The molecule has 2 N–H and O–H groups in total. The number of hydrogen-bond donors (Lipinski definition) is 2. The molecule has 21 heavy (non-hydrogen) atoms. The fraction of sp³-hybridized carbons (Fsp3) is 0.375. The summed E-state index contributed by atoms with van der Waals surface area (Å²) in [6.45, 7) is 4.07. The van der Waals surface area contributed by atoms with Gasteiger partial charge in [0.05, 0.1) is 5.69 Å². The number of fused-ring (bicyclic) bond motifs is 1. The molecule has 0 radical (unpaired) electrons. The molecule has 3 rings (SSSR count). The molecule has 0 atom stereocenters. The standard InChI is InChI=1S/C16H20N4S/c1-11-3-5-12(6-4-11)18-15-13-7-9-17-10-8-14(13)19-16(20-15)21-2/h3-6,17H,7-10H2,1-2H3,(H,18,19,20). The minimum atomic E-state index is 0.838. The van der Waals surface area contributed by atoms with E-state index in [2.05, 4.69) is 51.8 Å². The minimum Gasteiger partial charge on any atom is -0.340 e. The van der Waals surface area contributed by atoms with E-state index in [1.807, 2.05) is 6.26 Å². The highest BCUT2D eigenvalue weighted by Gasteiger charge is 2.16. The fourth-order valence-electron chi connectivity index (χ4n) is 2.49. The van der Waals surface area contributed by atoms with Gasteiger partial charge in [-0.25, -0.2) is 9.97 Å². The van der Waals surface area contributed by atoms with Gasteiger partial charge in [0.1, 0.15) is 5.82 Å². The summed E-state index contributed by atoms with van der Waals surface area (Å²) in [6.07, 6.45) is 3.96. The van der Waals surface area contributed by atoms with Gasteiger partial charge < -0.3 is 10.6 Å². The third kappa shape index (κ3) is 3.36. The Kier molecular flexibility index (Phi) is 4.41. The Hall–Kier alpha value is -1.59. The van der Waals surface area contributed by atoms with Crippen LogP contribution in [0.4, 0.5) is 11.5 Å². The molecular formula is C16H20N4S. The van der Waals surface area contributed by atoms with Crippen molar-refractivity contribution in [2.24, 2.45) is 0 Å². The summed E-state index contributed by atoms with van der Waals surface area (Å²) in [5.74, 6) is 0.955. The van der Waals surface area contributed by atoms with Crippen molar-refractivity contribution in [3.05, 3.63) is 41.1 Å². The zero-order valence-corrected chi connectivity index (χ0v) is 13.3. The average molecular weight is 300 g/mol. The Bertz CT molecular complexity index is 625. The smallest absolute Gasteiger partial charge is 0.189 e. The summed E-state index contributed by atoms with van der Waals surface area (Å²) in [4.78, 5) is 9.36. The minimum absolute atomic E-state index is 0.838. The molecule has 0 saturated heterocycles. The summed E-state index contributed by atoms with van der Waals surface area (Å²) in [6, 6.07) is 8.41. The Labute approximate surface area is 129 Å². The molecule has 110 valence electrons. The zero-order chi connectivity index (χ0) is 14.7. The predicted octanol–water partition coefficient (Wildman–Crippen LogP) is 2.94. The van der Waals surface area contributed by atoms with Gasteiger partial charge in [-0.2, -0.15) is 0 Å². The van der Waals surface area contributed by atoms with Crippen LogP contribution in [-0.2, 0) is 12.8 Å². The maximum atomic E-state index is 4.68. The zero-order valence-electron chi connectivity index (χ0n) is 12.4. The van der Waals surface area contributed by atoms with E-state index >= 15 is 0 Å². The van der Waals surface area contributed by atoms with Crippen LogP contribution in [0.3, 0.4) is 0 Å². The van der Waals surface area contributed by atoms with E-state index in [0.29, 0.717) is 0 Å². The van der Waals surface area contributed by atoms with E-state index in [-0.39, 0.29) is 0 Å². The highest BCUT2D eigenvalue weighted by Crippen LogP contribution is 2.25. The molecule has 5 heteroatoms. The summed E-state index contributed by atoms with van der Waals surface area (Å²) < 4.78 is 0. The Morgan fingerprint density at radius 2 is 1.86 bits per heavy atom. The molecule has 1 aromatic carbocycles. The van der Waals surface area contributed by atoms with Crippen molar-refractivity contribution in [1.29, 1.82) is 0 Å². The fourth-order valence-corrected chi connectivity index (χ4v) is 2.87. The lowest BCUT2D eigenvalue weighted by Crippen LogP contribution is -2.16. The van der Waals surface area contributed by atoms with Gasteiger partial charge in [0, 0.05) is 24.2 Å². The van der Waals surface area contributed by atoms with Gasteiger partial charge in [-0.05, 0) is 38.3 Å². The second-order valence-corrected chi connectivity index (χ2v) is 6.00. The second-order valence-electron chi connectivity index (χ2n) is 5.23. The number of hydrogen-bond acceptors (Lipinski definition) is 5. The van der Waals surface area contributed by atoms with Crippen LogP contribution in [0.15, 0.2) is 29.4 Å². The number of nitrogens with one attached hydrogen (secondary N) is 2. The largest absolute Gasteiger partial charge is 0.340 e. The molecule has 0 amide bonds. The summed E-state index contributed by atoms with van der Waals surface area (Å²) in [5.41, 5.74) is 4.76. The van der Waals surface area contributed by atoms with Crippen molar-refractivity contribution in [3.8, 4) is 0 Å². The predicted molar refractivity (Wildman–Crippen MR) is 88.6 cm³/mol. The first kappa shape index (κ1) is 14.4. The number of rotatable bonds is 3. The van der Waals surface area contributed by atoms with E-state index < -0.39 is 0 Å². The Morgan fingerprint density at radius 1 is 1.10 bits per heavy atom. The molecular weight excluding hydrogens is 280 g/mol. The van der Waals surface area contributed by atoms with Crippen LogP contribution in [-0.4, -0.2) is 29.3 Å². The number of anilines is 2. The van der Waals surface area contributed by atoms with Gasteiger partial charge in [-0.1, -0.05) is 29.5 Å². The van der Waals surface area contributed by atoms with Crippen molar-refractivity contribution in [1.82, 2.24) is 15.3 Å². The van der Waals surface area contributed by atoms with Crippen LogP contribution in [0.25, 0.3) is 0 Å². The van der Waals surface area contributed by atoms with E-state index in [9.17, 15) is 0 Å². The molecule has 0 aliphatic carbocycles. The van der Waals surface area contributed by atoms with Crippen LogP contribution in [0.1, 0.15) is 16.8 Å². The van der Waals surface area contributed by atoms with Gasteiger partial charge in [0.15, 0.2) is 5.16 Å². The number of aromatic nitrogens is 2. The molecule has 2 aromatic rings. The first-order chi connectivity index (χ1) is 10.3. The molecule has 0 unspecified atom stereocenters. The molecule has 1 aliphatic rings. The maximum Gasteiger partial charge on any atom is 0.189 e. The molecule has 0 saturated carbocycles. The molecule has 1 aliphatic heterocycles. The Morgan fingerprint density at radius 3 is 2.62 bits per heavy atom. The van der Waals surface area contributed by atoms with Crippen LogP contribution in [0.5, 0.6) is 0 Å². The second kappa shape index (κ2) is 6.45. The van der Waals surface area contributed by atoms with Crippen molar-refractivity contribution in [2.45, 2.75) is 24.9 Å². The molecule has 2 heterocycles. The number of aryl methyl sites for hydroxylation is 1. The van der Waals surface area contributed by atoms with E-state index in [1.165, 1.54) is 16.8 Å². The van der Waals surface area contributed by atoms with Crippen LogP contribution >= 0.6 is 11.8 Å². The highest BCUT2D eigenvalue weighted by atomic mass is 32.2. The van der Waals surface area contributed by atoms with Gasteiger partial charge >= 0.3 is 0 Å². The lowest BCUT2D eigenvalue weighted by molar-refractivity contribution is 0.707. The van der Waals surface area contributed by atoms with Crippen molar-refractivity contribution >= 4 is 23.3 Å². The number of thioether (sulfide) groups is 1. The number of benzene rings is 1. The van der Waals surface area contributed by atoms with Gasteiger partial charge in [-0.15, -0.1) is 0 Å². The van der Waals surface area contributed by atoms with E-state index in [1.54, 1.807) is 11.8 Å². The van der Waals surface area contributed by atoms with Gasteiger partial charge in [-0.3, -0.25) is 0 Å². The first-order valence-corrected chi connectivity index (χ1v) is 8.47. The molecule has 0 spiro atoms. The highest BCUT2D eigenvalue weighted by molar-refractivity contribution is 7.98. The van der Waals surface area contributed by atoms with Crippen molar-refractivity contribution < 1.29 is 0 Å². The van der Waals surface area contributed by atoms with Crippen LogP contribution in [0.2, 0.25) is 0 Å². The first-order valence-electron chi connectivity index (χ1n) is 7.24. The van der Waals surface area contributed by atoms with Gasteiger partial charge in [0.2, 0.25) is 0 Å². The third-order valence-corrected chi connectivity index (χ3v) is 4.21. The maximum absolute atomic E-state index is 4.68. The Balaban J connectivity index is 1.97. The normalized spacial score (nSPS) is 14.4. The van der Waals surface area contributed by atoms with Crippen molar-refractivity contribution in [3.63, 3.8) is 0 Å². The topological polar surface area (TPSA) is 49.8 Å². The van der Waals surface area contributed by atoms with Gasteiger partial charge in [0.25, 0.3) is 0 Å². The molecule has 1 aromatic heterocycles. The SMILES string of the molecule is CSc1nc2c(c(Nc3ccc(C)cc3)n1)CCNCC2. The quantitative estimate of drug-likeness (QED) is 0.674. The van der Waals surface area contributed by atoms with E-state index in [4.69, 9.17) is 0 Å². The van der Waals surface area contributed by atoms with Crippen molar-refractivity contribution in [2.75, 3.05) is 24.7 Å². The molecule has 0 fully saturated rings. The van der Waals surface area contributed by atoms with E-state index in [0.717, 1.165) is 42.6 Å². The van der Waals surface area contributed by atoms with Crippen LogP contribution in [0, 0.1) is 6.92 Å². The average Bonchev–Trinajstić information content (AvgIpc) is 2.75.